The Morgan fingerprint density at radius 3 is 2.80 bits per heavy atom. The molecule has 3 heterocycles. The maximum absolute atomic E-state index is 11.8. The molecule has 0 radical (unpaired) electrons. The summed E-state index contributed by atoms with van der Waals surface area (Å²) in [6.07, 6.45) is -3.77. The third kappa shape index (κ3) is 1.78. The molecule has 0 aliphatic carbocycles. The van der Waals surface area contributed by atoms with Gasteiger partial charge < -0.3 is 30.2 Å². The normalized spacial score (nSPS) is 30.1. The van der Waals surface area contributed by atoms with E-state index in [2.05, 4.69) is 9.97 Å². The van der Waals surface area contributed by atoms with Gasteiger partial charge in [-0.2, -0.15) is 4.98 Å². The van der Waals surface area contributed by atoms with Gasteiger partial charge in [0.25, 0.3) is 0 Å². The number of hydrogen-bond donors (Lipinski definition) is 4. The lowest BCUT2D eigenvalue weighted by Gasteiger charge is -2.14. The van der Waals surface area contributed by atoms with Crippen LogP contribution in [0, 0.1) is 0 Å². The van der Waals surface area contributed by atoms with Crippen LogP contribution in [-0.2, 0) is 4.74 Å². The van der Waals surface area contributed by atoms with Crippen molar-refractivity contribution in [2.45, 2.75) is 24.5 Å². The van der Waals surface area contributed by atoms with Crippen molar-refractivity contribution in [2.75, 3.05) is 12.3 Å². The Morgan fingerprint density at radius 2 is 2.15 bits per heavy atom. The van der Waals surface area contributed by atoms with Crippen molar-refractivity contribution >= 4 is 17.2 Å². The lowest BCUT2D eigenvalue weighted by atomic mass is 10.1. The fourth-order valence-electron chi connectivity index (χ4n) is 2.17. The zero-order chi connectivity index (χ0) is 14.4. The number of rotatable bonds is 2. The summed E-state index contributed by atoms with van der Waals surface area (Å²) < 4.78 is 11.1. The van der Waals surface area contributed by atoms with E-state index >= 15 is 0 Å². The van der Waals surface area contributed by atoms with E-state index < -0.39 is 36.9 Å². The van der Waals surface area contributed by atoms with Gasteiger partial charge >= 0.3 is 5.76 Å². The predicted octanol–water partition coefficient (Wildman–Crippen LogP) is -2.42. The first-order valence-corrected chi connectivity index (χ1v) is 5.79. The summed E-state index contributed by atoms with van der Waals surface area (Å²) in [4.78, 5) is 19.4. The van der Waals surface area contributed by atoms with Crippen molar-refractivity contribution in [3.63, 3.8) is 0 Å². The van der Waals surface area contributed by atoms with Crippen LogP contribution in [0.5, 0.6) is 0 Å². The van der Waals surface area contributed by atoms with Gasteiger partial charge in [0.2, 0.25) is 5.95 Å². The fraction of sp³-hybridized carbons (Fsp3) is 0.500. The summed E-state index contributed by atoms with van der Waals surface area (Å²) >= 11 is 0. The molecule has 0 unspecified atom stereocenters. The number of aliphatic hydroxyl groups is 3. The lowest BCUT2D eigenvalue weighted by molar-refractivity contribution is -0.0538. The molecule has 0 aromatic carbocycles. The molecule has 1 aliphatic heterocycles. The number of oxazole rings is 1. The van der Waals surface area contributed by atoms with E-state index in [0.29, 0.717) is 0 Å². The molecular weight excluding hydrogens is 272 g/mol. The van der Waals surface area contributed by atoms with Crippen LogP contribution < -0.4 is 11.5 Å². The molecular formula is C10H12N4O6. The summed E-state index contributed by atoms with van der Waals surface area (Å²) in [5.41, 5.74) is 5.55. The van der Waals surface area contributed by atoms with Gasteiger partial charge in [-0.25, -0.2) is 14.3 Å². The summed E-state index contributed by atoms with van der Waals surface area (Å²) in [6, 6.07) is 0. The number of aromatic nitrogens is 3. The summed E-state index contributed by atoms with van der Waals surface area (Å²) in [7, 11) is 0. The lowest BCUT2D eigenvalue weighted by Crippen LogP contribution is -2.34. The maximum Gasteiger partial charge on any atom is 0.423 e. The van der Waals surface area contributed by atoms with Gasteiger partial charge in [-0.05, 0) is 0 Å². The Kier molecular flexibility index (Phi) is 2.94. The maximum atomic E-state index is 11.8. The van der Waals surface area contributed by atoms with Crippen molar-refractivity contribution in [1.82, 2.24) is 14.5 Å². The average molecular weight is 284 g/mol. The van der Waals surface area contributed by atoms with E-state index in [1.54, 1.807) is 0 Å². The summed E-state index contributed by atoms with van der Waals surface area (Å²) in [6.45, 7) is -0.504. The molecule has 5 N–H and O–H groups in total. The smallest absolute Gasteiger partial charge is 0.404 e. The first kappa shape index (κ1) is 13.0. The molecule has 1 fully saturated rings. The van der Waals surface area contributed by atoms with Gasteiger partial charge in [0, 0.05) is 0 Å². The number of nitrogen functional groups attached to an aromatic ring is 1. The third-order valence-electron chi connectivity index (χ3n) is 3.15. The van der Waals surface area contributed by atoms with Gasteiger partial charge in [0.1, 0.15) is 18.3 Å². The van der Waals surface area contributed by atoms with Crippen LogP contribution in [0.15, 0.2) is 15.4 Å². The highest BCUT2D eigenvalue weighted by Gasteiger charge is 2.45. The van der Waals surface area contributed by atoms with Crippen molar-refractivity contribution in [3.05, 3.63) is 16.7 Å². The van der Waals surface area contributed by atoms with Crippen LogP contribution in [0.1, 0.15) is 6.23 Å². The minimum Gasteiger partial charge on any atom is -0.404 e. The second-order valence-corrected chi connectivity index (χ2v) is 4.38. The van der Waals surface area contributed by atoms with Gasteiger partial charge in [-0.15, -0.1) is 0 Å². The van der Waals surface area contributed by atoms with Gasteiger partial charge in [0.15, 0.2) is 17.5 Å². The van der Waals surface area contributed by atoms with Crippen LogP contribution in [-0.4, -0.2) is 54.8 Å². The highest BCUT2D eigenvalue weighted by Crippen LogP contribution is 2.30. The van der Waals surface area contributed by atoms with Crippen molar-refractivity contribution < 1.29 is 24.5 Å². The minimum absolute atomic E-state index is 0.0392. The molecule has 3 rings (SSSR count). The molecule has 4 atom stereocenters. The van der Waals surface area contributed by atoms with Crippen molar-refractivity contribution in [2.24, 2.45) is 0 Å². The Hall–Kier alpha value is -2.01. The number of aliphatic hydroxyl groups excluding tert-OH is 3. The Balaban J connectivity index is 2.13. The summed E-state index contributed by atoms with van der Waals surface area (Å²) in [5, 5.41) is 28.7. The van der Waals surface area contributed by atoms with E-state index in [4.69, 9.17) is 20.0 Å². The fourth-order valence-corrected chi connectivity index (χ4v) is 2.17. The average Bonchev–Trinajstić information content (AvgIpc) is 2.88. The quantitative estimate of drug-likeness (QED) is 0.471. The third-order valence-corrected chi connectivity index (χ3v) is 3.15. The monoisotopic (exact) mass is 284 g/mol. The second-order valence-electron chi connectivity index (χ2n) is 4.38. The van der Waals surface area contributed by atoms with Crippen molar-refractivity contribution in [1.29, 1.82) is 0 Å². The van der Waals surface area contributed by atoms with Crippen molar-refractivity contribution in [3.8, 4) is 0 Å². The number of ether oxygens (including phenoxy) is 1. The number of anilines is 1. The molecule has 2 aromatic heterocycles. The number of nitrogens with zero attached hydrogens (tertiary/aromatic N) is 3. The number of fused-ring (bicyclic) bond motifs is 1. The summed E-state index contributed by atoms with van der Waals surface area (Å²) in [5.74, 6) is -0.923. The highest BCUT2D eigenvalue weighted by molar-refractivity contribution is 5.68. The minimum atomic E-state index is -1.41. The first-order chi connectivity index (χ1) is 9.52. The molecule has 0 spiro atoms. The standard InChI is InChI=1S/C10H12N4O6/c11-9-12-1-3-7(13-9)14(10(18)20-3)8-6(17)5(16)4(2-15)19-8/h1,4-6,8,15-17H,2H2,(H2,11,12,13)/t4-,5-,6-,8-/m1/s1. The zero-order valence-electron chi connectivity index (χ0n) is 10.1. The topological polar surface area (TPSA) is 157 Å². The second kappa shape index (κ2) is 4.52. The molecule has 108 valence electrons. The van der Waals surface area contributed by atoms with Crippen LogP contribution in [0.25, 0.3) is 11.2 Å². The molecule has 1 aliphatic rings. The van der Waals surface area contributed by atoms with Crippen LogP contribution in [0.4, 0.5) is 5.95 Å². The molecule has 10 nitrogen and oxygen atoms in total. The Morgan fingerprint density at radius 1 is 1.40 bits per heavy atom. The Bertz CT molecular complexity index is 697. The van der Waals surface area contributed by atoms with E-state index in [1.165, 1.54) is 6.20 Å². The largest absolute Gasteiger partial charge is 0.423 e. The highest BCUT2D eigenvalue weighted by atomic mass is 16.6. The predicted molar refractivity (Wildman–Crippen MR) is 63.5 cm³/mol. The molecule has 0 bridgehead atoms. The number of nitrogens with two attached hydrogens (primary N) is 1. The van der Waals surface area contributed by atoms with E-state index in [9.17, 15) is 15.0 Å². The number of hydrogen-bond acceptors (Lipinski definition) is 9. The van der Waals surface area contributed by atoms with E-state index in [-0.39, 0.29) is 17.2 Å². The molecule has 2 aromatic rings. The van der Waals surface area contributed by atoms with Crippen LogP contribution in [0.2, 0.25) is 0 Å². The Labute approximate surface area is 111 Å². The van der Waals surface area contributed by atoms with E-state index in [1.807, 2.05) is 0 Å². The molecule has 0 amide bonds. The zero-order valence-corrected chi connectivity index (χ0v) is 10.1. The first-order valence-electron chi connectivity index (χ1n) is 5.79. The van der Waals surface area contributed by atoms with Gasteiger partial charge in [0.05, 0.1) is 12.8 Å². The van der Waals surface area contributed by atoms with Gasteiger partial charge in [-0.3, -0.25) is 0 Å². The SMILES string of the molecule is Nc1ncc2oc(=O)n([C@@H]3O[C@H](CO)[C@@H](O)[C@H]3O)c2n1. The van der Waals surface area contributed by atoms with E-state index in [0.717, 1.165) is 4.57 Å². The molecule has 10 heteroatoms. The molecule has 1 saturated heterocycles. The van der Waals surface area contributed by atoms with Crippen LogP contribution in [0.3, 0.4) is 0 Å². The molecule has 20 heavy (non-hydrogen) atoms. The molecule has 0 saturated carbocycles. The van der Waals surface area contributed by atoms with Gasteiger partial charge in [-0.1, -0.05) is 0 Å². The van der Waals surface area contributed by atoms with Crippen LogP contribution >= 0.6 is 0 Å².